The Hall–Kier alpha value is -2.89. The van der Waals surface area contributed by atoms with Crippen LogP contribution in [0.15, 0.2) is 60.8 Å². The number of ether oxygens (including phenoxy) is 3. The van der Waals surface area contributed by atoms with E-state index in [4.69, 9.17) is 14.2 Å². The maximum Gasteiger partial charge on any atom is 0.306 e. The third-order valence-corrected chi connectivity index (χ3v) is 13.5. The van der Waals surface area contributed by atoms with E-state index in [1.165, 1.54) is 186 Å². The highest BCUT2D eigenvalue weighted by Gasteiger charge is 2.19. The molecule has 0 aliphatic rings. The highest BCUT2D eigenvalue weighted by molar-refractivity contribution is 5.71. The van der Waals surface area contributed by atoms with Gasteiger partial charge in [0.1, 0.15) is 13.2 Å². The topological polar surface area (TPSA) is 78.9 Å². The summed E-state index contributed by atoms with van der Waals surface area (Å²) in [5.41, 5.74) is 0. The lowest BCUT2D eigenvalue weighted by Gasteiger charge is -2.18. The number of carbonyl (C=O) groups excluding carboxylic acids is 3. The Bertz CT molecular complexity index is 1280. The fourth-order valence-electron chi connectivity index (χ4n) is 8.90. The average Bonchev–Trinajstić information content (AvgIpc) is 3.37. The molecule has 6 heteroatoms. The van der Waals surface area contributed by atoms with Crippen molar-refractivity contribution >= 4 is 17.9 Å². The second kappa shape index (κ2) is 59.7. The first kappa shape index (κ1) is 68.1. The normalized spacial score (nSPS) is 12.4. The van der Waals surface area contributed by atoms with E-state index in [0.717, 1.165) is 89.9 Å². The van der Waals surface area contributed by atoms with Crippen molar-refractivity contribution in [2.24, 2.45) is 0 Å². The largest absolute Gasteiger partial charge is 0.462 e. The predicted octanol–water partition coefficient (Wildman–Crippen LogP) is 20.8. The lowest BCUT2D eigenvalue weighted by molar-refractivity contribution is -0.167. The summed E-state index contributed by atoms with van der Waals surface area (Å²) in [6.07, 6.45) is 75.0. The van der Waals surface area contributed by atoms with Gasteiger partial charge in [0.15, 0.2) is 6.10 Å². The van der Waals surface area contributed by atoms with E-state index in [-0.39, 0.29) is 31.1 Å². The summed E-state index contributed by atoms with van der Waals surface area (Å²) >= 11 is 0. The van der Waals surface area contributed by atoms with Gasteiger partial charge >= 0.3 is 17.9 Å². The fraction of sp³-hybridized carbons (Fsp3) is 0.800. The van der Waals surface area contributed by atoms with Gasteiger partial charge in [-0.15, -0.1) is 0 Å². The molecule has 0 spiro atoms. The quantitative estimate of drug-likeness (QED) is 0.0261. The molecular weight excluding hydrogens is 877 g/mol. The van der Waals surface area contributed by atoms with Gasteiger partial charge in [0.25, 0.3) is 0 Å². The maximum atomic E-state index is 12.9. The van der Waals surface area contributed by atoms with Gasteiger partial charge in [-0.3, -0.25) is 14.4 Å². The molecule has 0 fully saturated rings. The summed E-state index contributed by atoms with van der Waals surface area (Å²) in [5.74, 6) is -0.872. The van der Waals surface area contributed by atoms with Crippen LogP contribution in [0.4, 0.5) is 0 Å². The smallest absolute Gasteiger partial charge is 0.306 e. The molecule has 0 amide bonds. The summed E-state index contributed by atoms with van der Waals surface area (Å²) in [4.78, 5) is 38.2. The monoisotopic (exact) mass is 993 g/mol. The van der Waals surface area contributed by atoms with Gasteiger partial charge in [-0.05, 0) is 83.5 Å². The molecule has 0 aromatic carbocycles. The van der Waals surface area contributed by atoms with Crippen LogP contribution in [0.1, 0.15) is 316 Å². The van der Waals surface area contributed by atoms with Gasteiger partial charge in [0.2, 0.25) is 0 Å². The number of carbonyl (C=O) groups is 3. The Kier molecular flexibility index (Phi) is 57.2. The minimum absolute atomic E-state index is 0.0758. The van der Waals surface area contributed by atoms with Gasteiger partial charge in [0.05, 0.1) is 0 Å². The zero-order valence-corrected chi connectivity index (χ0v) is 47.2. The van der Waals surface area contributed by atoms with E-state index in [9.17, 15) is 14.4 Å². The molecule has 0 bridgehead atoms. The lowest BCUT2D eigenvalue weighted by atomic mass is 10.0. The predicted molar refractivity (Wildman–Crippen MR) is 307 cm³/mol. The lowest BCUT2D eigenvalue weighted by Crippen LogP contribution is -2.30. The molecule has 0 radical (unpaired) electrons. The Morgan fingerprint density at radius 2 is 0.549 bits per heavy atom. The van der Waals surface area contributed by atoms with E-state index in [1.807, 2.05) is 0 Å². The molecule has 0 aromatic rings. The molecular formula is C65H116O6. The number of hydrogen-bond acceptors (Lipinski definition) is 6. The van der Waals surface area contributed by atoms with Gasteiger partial charge in [0, 0.05) is 19.3 Å². The van der Waals surface area contributed by atoms with Gasteiger partial charge in [-0.2, -0.15) is 0 Å². The molecule has 1 unspecified atom stereocenters. The van der Waals surface area contributed by atoms with Gasteiger partial charge in [-0.1, -0.05) is 274 Å². The molecule has 0 saturated carbocycles. The molecule has 0 aromatic heterocycles. The van der Waals surface area contributed by atoms with Crippen molar-refractivity contribution in [3.05, 3.63) is 60.8 Å². The Balaban J connectivity index is 4.31. The average molecular weight is 994 g/mol. The molecule has 1 atom stereocenters. The standard InChI is InChI=1S/C65H116O6/c1-4-7-10-13-16-19-22-25-27-29-30-31-32-33-34-36-37-40-43-46-49-52-55-58-64(67)70-61-62(60-69-63(66)57-54-51-48-45-42-39-24-21-18-15-12-9-6-3)71-65(68)59-56-53-50-47-44-41-38-35-28-26-23-20-17-14-11-8-5-2/h8,11,17,20,22,25-26,28-30,62H,4-7,9-10,12-16,18-19,21,23-24,27,31-61H2,1-3H3/b11-8-,20-17-,25-22-,28-26-,30-29-. The van der Waals surface area contributed by atoms with Crippen LogP contribution in [0.5, 0.6) is 0 Å². The van der Waals surface area contributed by atoms with Crippen LogP contribution >= 0.6 is 0 Å². The SMILES string of the molecule is CC/C=C\C/C=C\C/C=C\CCCCCCCCCC(=O)OC(COC(=O)CCCCCCCCCCCCC/C=C\C/C=C\CCCCCCC)COC(=O)CCCCCCCCCCCCCCC. The number of esters is 3. The van der Waals surface area contributed by atoms with E-state index in [1.54, 1.807) is 0 Å². The van der Waals surface area contributed by atoms with Crippen molar-refractivity contribution in [2.45, 2.75) is 322 Å². The molecule has 0 heterocycles. The van der Waals surface area contributed by atoms with Gasteiger partial charge < -0.3 is 14.2 Å². The first-order valence-electron chi connectivity index (χ1n) is 30.8. The van der Waals surface area contributed by atoms with Crippen LogP contribution in [0.2, 0.25) is 0 Å². The molecule has 0 N–H and O–H groups in total. The first-order chi connectivity index (χ1) is 35.0. The first-order valence-corrected chi connectivity index (χ1v) is 30.8. The van der Waals surface area contributed by atoms with Gasteiger partial charge in [-0.25, -0.2) is 0 Å². The Morgan fingerprint density at radius 3 is 0.859 bits per heavy atom. The van der Waals surface area contributed by atoms with Crippen molar-refractivity contribution in [3.63, 3.8) is 0 Å². The molecule has 0 saturated heterocycles. The van der Waals surface area contributed by atoms with Crippen molar-refractivity contribution in [1.29, 1.82) is 0 Å². The Morgan fingerprint density at radius 1 is 0.296 bits per heavy atom. The van der Waals surface area contributed by atoms with E-state index in [2.05, 4.69) is 81.5 Å². The summed E-state index contributed by atoms with van der Waals surface area (Å²) < 4.78 is 16.9. The van der Waals surface area contributed by atoms with Crippen LogP contribution < -0.4 is 0 Å². The van der Waals surface area contributed by atoms with E-state index < -0.39 is 6.10 Å². The molecule has 71 heavy (non-hydrogen) atoms. The third-order valence-electron chi connectivity index (χ3n) is 13.5. The van der Waals surface area contributed by atoms with Crippen molar-refractivity contribution in [3.8, 4) is 0 Å². The zero-order chi connectivity index (χ0) is 51.4. The molecule has 0 aliphatic carbocycles. The summed E-state index contributed by atoms with van der Waals surface area (Å²) in [7, 11) is 0. The second-order valence-corrected chi connectivity index (χ2v) is 20.6. The van der Waals surface area contributed by atoms with E-state index >= 15 is 0 Å². The van der Waals surface area contributed by atoms with Crippen LogP contribution in [0.25, 0.3) is 0 Å². The summed E-state index contributed by atoms with van der Waals surface area (Å²) in [6, 6.07) is 0. The highest BCUT2D eigenvalue weighted by atomic mass is 16.6. The molecule has 0 aliphatic heterocycles. The third kappa shape index (κ3) is 57.9. The summed E-state index contributed by atoms with van der Waals surface area (Å²) in [5, 5.41) is 0. The second-order valence-electron chi connectivity index (χ2n) is 20.6. The van der Waals surface area contributed by atoms with Crippen LogP contribution in [0.3, 0.4) is 0 Å². The summed E-state index contributed by atoms with van der Waals surface area (Å²) in [6.45, 7) is 6.55. The number of unbranched alkanes of at least 4 members (excludes halogenated alkanes) is 35. The zero-order valence-electron chi connectivity index (χ0n) is 47.2. The van der Waals surface area contributed by atoms with Crippen LogP contribution in [-0.4, -0.2) is 37.2 Å². The minimum atomic E-state index is -0.779. The maximum absolute atomic E-state index is 12.9. The van der Waals surface area contributed by atoms with Crippen LogP contribution in [-0.2, 0) is 28.6 Å². The van der Waals surface area contributed by atoms with Crippen molar-refractivity contribution < 1.29 is 28.6 Å². The van der Waals surface area contributed by atoms with Crippen molar-refractivity contribution in [2.75, 3.05) is 13.2 Å². The Labute approximate surface area is 440 Å². The molecule has 0 rings (SSSR count). The minimum Gasteiger partial charge on any atom is -0.462 e. The molecule has 412 valence electrons. The van der Waals surface area contributed by atoms with Crippen molar-refractivity contribution in [1.82, 2.24) is 0 Å². The van der Waals surface area contributed by atoms with E-state index in [0.29, 0.717) is 19.3 Å². The number of rotatable bonds is 56. The van der Waals surface area contributed by atoms with Crippen LogP contribution in [0, 0.1) is 0 Å². The number of hydrogen-bond donors (Lipinski definition) is 0. The number of allylic oxidation sites excluding steroid dienone is 10. The molecule has 6 nitrogen and oxygen atoms in total. The fourth-order valence-corrected chi connectivity index (χ4v) is 8.90. The highest BCUT2D eigenvalue weighted by Crippen LogP contribution is 2.16.